The molecule has 0 aliphatic heterocycles. The van der Waals surface area contributed by atoms with Gasteiger partial charge in [0.25, 0.3) is 0 Å². The van der Waals surface area contributed by atoms with Gasteiger partial charge in [-0.2, -0.15) is 0 Å². The van der Waals surface area contributed by atoms with Crippen LogP contribution >= 0.6 is 0 Å². The Bertz CT molecular complexity index is 548. The zero-order valence-electron chi connectivity index (χ0n) is 12.1. The molecule has 2 rings (SSSR count). The number of hydrogen-bond acceptors (Lipinski definition) is 4. The van der Waals surface area contributed by atoms with Crippen molar-refractivity contribution >= 4 is 5.97 Å². The fraction of sp³-hybridized carbons (Fsp3) is 0.353. The van der Waals surface area contributed by atoms with E-state index >= 15 is 0 Å². The Hall–Kier alpha value is -2.23. The molecular formula is C17H19NO3. The first-order valence-corrected chi connectivity index (χ1v) is 7.20. The molecule has 2 atom stereocenters. The molecule has 0 saturated carbocycles. The molecule has 1 aromatic rings. The highest BCUT2D eigenvalue weighted by Gasteiger charge is 2.26. The number of benzene rings is 1. The highest BCUT2D eigenvalue weighted by Crippen LogP contribution is 2.23. The third kappa shape index (κ3) is 3.88. The minimum atomic E-state index is -1.10. The van der Waals surface area contributed by atoms with Crippen LogP contribution in [0.15, 0.2) is 59.3 Å². The fourth-order valence-corrected chi connectivity index (χ4v) is 2.34. The van der Waals surface area contributed by atoms with Crippen molar-refractivity contribution in [2.45, 2.75) is 38.3 Å². The van der Waals surface area contributed by atoms with Gasteiger partial charge in [-0.1, -0.05) is 55.5 Å². The van der Waals surface area contributed by atoms with E-state index in [0.717, 1.165) is 18.4 Å². The van der Waals surface area contributed by atoms with E-state index in [-0.39, 0.29) is 6.10 Å². The van der Waals surface area contributed by atoms with Gasteiger partial charge >= 0.3 is 5.97 Å². The van der Waals surface area contributed by atoms with Crippen LogP contribution in [0.4, 0.5) is 0 Å². The maximum Gasteiger partial charge on any atom is 0.339 e. The summed E-state index contributed by atoms with van der Waals surface area (Å²) < 4.78 is 5.49. The molecule has 0 N–H and O–H groups in total. The van der Waals surface area contributed by atoms with Crippen molar-refractivity contribution in [2.75, 3.05) is 0 Å². The molecule has 0 radical (unpaired) electrons. The molecular weight excluding hydrogens is 266 g/mol. The highest BCUT2D eigenvalue weighted by molar-refractivity contribution is 5.78. The van der Waals surface area contributed by atoms with E-state index < -0.39 is 12.0 Å². The van der Waals surface area contributed by atoms with Crippen LogP contribution in [-0.4, -0.2) is 12.1 Å². The Kier molecular flexibility index (Phi) is 5.43. The van der Waals surface area contributed by atoms with Gasteiger partial charge in [0.1, 0.15) is 6.10 Å². The van der Waals surface area contributed by atoms with E-state index in [1.807, 2.05) is 19.1 Å². The van der Waals surface area contributed by atoms with E-state index in [1.165, 1.54) is 0 Å². The SMILES string of the molecule is CC[C@H](OC(=O)C(N=O)c1ccccc1)C1=CCCC=C1. The Balaban J connectivity index is 2.09. The summed E-state index contributed by atoms with van der Waals surface area (Å²) in [7, 11) is 0. The van der Waals surface area contributed by atoms with Gasteiger partial charge in [0.15, 0.2) is 0 Å². The predicted octanol–water partition coefficient (Wildman–Crippen LogP) is 4.09. The standard InChI is InChI=1S/C17H19NO3/c1-2-15(13-9-5-3-6-10-13)21-17(19)16(18-20)14-11-7-4-8-12-14/h4-5,7-12,15-16H,2-3,6H2,1H3/t15-,16?/m0/s1. The molecule has 1 aliphatic rings. The average molecular weight is 285 g/mol. The third-order valence-corrected chi connectivity index (χ3v) is 3.47. The first-order chi connectivity index (χ1) is 10.3. The van der Waals surface area contributed by atoms with Gasteiger partial charge in [-0.25, -0.2) is 4.79 Å². The number of nitrogens with zero attached hydrogens (tertiary/aromatic N) is 1. The molecule has 0 heterocycles. The lowest BCUT2D eigenvalue weighted by Crippen LogP contribution is -2.23. The number of carbonyl (C=O) groups excluding carboxylic acids is 1. The minimum absolute atomic E-state index is 0.318. The minimum Gasteiger partial charge on any atom is -0.456 e. The van der Waals surface area contributed by atoms with Gasteiger partial charge in [-0.05, 0) is 35.6 Å². The summed E-state index contributed by atoms with van der Waals surface area (Å²) in [5.41, 5.74) is 1.55. The molecule has 4 nitrogen and oxygen atoms in total. The Morgan fingerprint density at radius 1 is 1.29 bits per heavy atom. The zero-order chi connectivity index (χ0) is 15.1. The third-order valence-electron chi connectivity index (χ3n) is 3.47. The number of ether oxygens (including phenoxy) is 1. The molecule has 0 saturated heterocycles. The monoisotopic (exact) mass is 285 g/mol. The molecule has 1 aromatic carbocycles. The first-order valence-electron chi connectivity index (χ1n) is 7.20. The van der Waals surface area contributed by atoms with E-state index in [9.17, 15) is 9.70 Å². The number of hydrogen-bond donors (Lipinski definition) is 0. The number of carbonyl (C=O) groups is 1. The van der Waals surface area contributed by atoms with Gasteiger partial charge in [0.05, 0.1) is 0 Å². The summed E-state index contributed by atoms with van der Waals surface area (Å²) in [6, 6.07) is 7.66. The van der Waals surface area contributed by atoms with Gasteiger partial charge in [-0.15, -0.1) is 4.91 Å². The van der Waals surface area contributed by atoms with Crippen molar-refractivity contribution in [3.63, 3.8) is 0 Å². The molecule has 0 fully saturated rings. The maximum atomic E-state index is 12.2. The van der Waals surface area contributed by atoms with Crippen molar-refractivity contribution in [3.05, 3.63) is 64.6 Å². The van der Waals surface area contributed by atoms with Crippen LogP contribution in [0, 0.1) is 4.91 Å². The lowest BCUT2D eigenvalue weighted by molar-refractivity contribution is -0.149. The average Bonchev–Trinajstić information content (AvgIpc) is 2.55. The van der Waals surface area contributed by atoms with Crippen LogP contribution in [0.3, 0.4) is 0 Å². The van der Waals surface area contributed by atoms with Crippen molar-refractivity contribution < 1.29 is 9.53 Å². The Morgan fingerprint density at radius 2 is 2.05 bits per heavy atom. The van der Waals surface area contributed by atoms with E-state index in [4.69, 9.17) is 4.74 Å². The summed E-state index contributed by atoms with van der Waals surface area (Å²) in [5, 5.41) is 2.93. The first kappa shape index (κ1) is 15.2. The second-order valence-corrected chi connectivity index (χ2v) is 4.94. The van der Waals surface area contributed by atoms with E-state index in [1.54, 1.807) is 24.3 Å². The Morgan fingerprint density at radius 3 is 2.62 bits per heavy atom. The number of nitroso groups, excluding NO2 is 1. The van der Waals surface area contributed by atoms with Crippen molar-refractivity contribution in [1.82, 2.24) is 0 Å². The summed E-state index contributed by atoms with van der Waals surface area (Å²) >= 11 is 0. The quantitative estimate of drug-likeness (QED) is 0.584. The lowest BCUT2D eigenvalue weighted by Gasteiger charge is -2.20. The van der Waals surface area contributed by atoms with Crippen LogP contribution in [0.5, 0.6) is 0 Å². The molecule has 1 unspecified atom stereocenters. The Labute approximate surface area is 124 Å². The summed E-state index contributed by atoms with van der Waals surface area (Å²) in [6.45, 7) is 1.95. The molecule has 0 bridgehead atoms. The van der Waals surface area contributed by atoms with Crippen LogP contribution in [0.1, 0.15) is 37.8 Å². The maximum absolute atomic E-state index is 12.2. The van der Waals surface area contributed by atoms with Crippen LogP contribution in [-0.2, 0) is 9.53 Å². The van der Waals surface area contributed by atoms with Crippen molar-refractivity contribution in [3.8, 4) is 0 Å². The number of rotatable bonds is 6. The predicted molar refractivity (Wildman–Crippen MR) is 81.6 cm³/mol. The molecule has 0 amide bonds. The largest absolute Gasteiger partial charge is 0.456 e. The summed E-state index contributed by atoms with van der Waals surface area (Å²) in [6.07, 6.45) is 8.44. The molecule has 1 aliphatic carbocycles. The second kappa shape index (κ2) is 7.53. The summed E-state index contributed by atoms with van der Waals surface area (Å²) in [4.78, 5) is 23.2. The summed E-state index contributed by atoms with van der Waals surface area (Å²) in [5.74, 6) is -0.595. The van der Waals surface area contributed by atoms with Gasteiger partial charge < -0.3 is 4.74 Å². The second-order valence-electron chi connectivity index (χ2n) is 4.94. The molecule has 110 valence electrons. The molecule has 21 heavy (non-hydrogen) atoms. The van der Waals surface area contributed by atoms with Crippen molar-refractivity contribution in [2.24, 2.45) is 5.18 Å². The van der Waals surface area contributed by atoms with Crippen LogP contribution < -0.4 is 0 Å². The highest BCUT2D eigenvalue weighted by atomic mass is 16.5. The van der Waals surface area contributed by atoms with Gasteiger partial charge in [-0.3, -0.25) is 0 Å². The number of esters is 1. The normalized spacial score (nSPS) is 16.7. The van der Waals surface area contributed by atoms with E-state index in [2.05, 4.69) is 17.3 Å². The lowest BCUT2D eigenvalue weighted by atomic mass is 10.0. The molecule has 0 spiro atoms. The van der Waals surface area contributed by atoms with Gasteiger partial charge in [0, 0.05) is 0 Å². The van der Waals surface area contributed by atoms with Gasteiger partial charge in [0.2, 0.25) is 6.04 Å². The zero-order valence-corrected chi connectivity index (χ0v) is 12.1. The molecule has 4 heteroatoms. The smallest absolute Gasteiger partial charge is 0.339 e. The fourth-order valence-electron chi connectivity index (χ4n) is 2.34. The number of allylic oxidation sites excluding steroid dienone is 2. The van der Waals surface area contributed by atoms with Crippen molar-refractivity contribution in [1.29, 1.82) is 0 Å². The molecule has 0 aromatic heterocycles. The topological polar surface area (TPSA) is 55.7 Å². The van der Waals surface area contributed by atoms with Crippen LogP contribution in [0.2, 0.25) is 0 Å². The van der Waals surface area contributed by atoms with E-state index in [0.29, 0.717) is 12.0 Å². The van der Waals surface area contributed by atoms with Crippen LogP contribution in [0.25, 0.3) is 0 Å².